The van der Waals surface area contributed by atoms with Crippen molar-refractivity contribution < 1.29 is 5.11 Å². The van der Waals surface area contributed by atoms with Crippen LogP contribution in [0.2, 0.25) is 0 Å². The zero-order chi connectivity index (χ0) is 11.8. The molecule has 0 unspecified atom stereocenters. The first-order chi connectivity index (χ1) is 8.25. The minimum Gasteiger partial charge on any atom is -0.491 e. The second-order valence-electron chi connectivity index (χ2n) is 3.77. The molecule has 5 heteroatoms. The maximum absolute atomic E-state index is 9.46. The van der Waals surface area contributed by atoms with Crippen LogP contribution in [0.3, 0.4) is 0 Å². The Labute approximate surface area is 97.4 Å². The third-order valence-electron chi connectivity index (χ3n) is 2.65. The molecule has 0 aliphatic carbocycles. The number of hydrogen-bond acceptors (Lipinski definition) is 4. The third kappa shape index (κ3) is 1.52. The second kappa shape index (κ2) is 3.55. The van der Waals surface area contributed by atoms with E-state index in [0.29, 0.717) is 11.3 Å². The highest BCUT2D eigenvalue weighted by Crippen LogP contribution is 2.20. The lowest BCUT2D eigenvalue weighted by Crippen LogP contribution is -1.98. The molecule has 0 aliphatic heterocycles. The lowest BCUT2D eigenvalue weighted by molar-refractivity contribution is 0.433. The highest BCUT2D eigenvalue weighted by molar-refractivity contribution is 5.63. The van der Waals surface area contributed by atoms with Crippen molar-refractivity contribution in [1.29, 1.82) is 0 Å². The molecule has 1 aromatic carbocycles. The minimum atomic E-state index is -0.0970. The maximum atomic E-state index is 9.46. The van der Waals surface area contributed by atoms with Crippen molar-refractivity contribution in [3.63, 3.8) is 0 Å². The molecule has 0 bridgehead atoms. The summed E-state index contributed by atoms with van der Waals surface area (Å²) in [6.07, 6.45) is 0. The Kier molecular flexibility index (Phi) is 2.04. The van der Waals surface area contributed by atoms with Gasteiger partial charge in [0.05, 0.1) is 5.69 Å². The monoisotopic (exact) mass is 226 g/mol. The second-order valence-corrected chi connectivity index (χ2v) is 3.77. The van der Waals surface area contributed by atoms with Crippen LogP contribution in [0.25, 0.3) is 16.9 Å². The molecule has 0 spiro atoms. The van der Waals surface area contributed by atoms with Gasteiger partial charge in [-0.1, -0.05) is 30.3 Å². The predicted octanol–water partition coefficient (Wildman–Crippen LogP) is 1.81. The summed E-state index contributed by atoms with van der Waals surface area (Å²) in [6, 6.07) is 11.7. The van der Waals surface area contributed by atoms with E-state index in [4.69, 9.17) is 0 Å². The quantitative estimate of drug-likeness (QED) is 0.687. The lowest BCUT2D eigenvalue weighted by atomic mass is 10.2. The van der Waals surface area contributed by atoms with Gasteiger partial charge in [-0.05, 0) is 6.92 Å². The number of aryl methyl sites for hydroxylation is 1. The Balaban J connectivity index is 2.24. The molecule has 0 saturated heterocycles. The van der Waals surface area contributed by atoms with Gasteiger partial charge in [0.25, 0.3) is 5.88 Å². The molecule has 0 atom stereocenters. The number of aromatic hydroxyl groups is 1. The maximum Gasteiger partial charge on any atom is 0.252 e. The zero-order valence-electron chi connectivity index (χ0n) is 9.20. The third-order valence-corrected chi connectivity index (χ3v) is 2.65. The summed E-state index contributed by atoms with van der Waals surface area (Å²) in [6.45, 7) is 1.75. The van der Waals surface area contributed by atoms with E-state index in [1.165, 1.54) is 0 Å². The average Bonchev–Trinajstić information content (AvgIpc) is 2.80. The summed E-state index contributed by atoms with van der Waals surface area (Å²) in [5, 5.41) is 21.4. The molecule has 2 heterocycles. The van der Waals surface area contributed by atoms with Crippen molar-refractivity contribution in [2.24, 2.45) is 0 Å². The molecule has 1 N–H and O–H groups in total. The first-order valence-electron chi connectivity index (χ1n) is 5.23. The SMILES string of the molecule is Cc1c(O)nnc2cc(-c3ccccc3)nn12. The van der Waals surface area contributed by atoms with E-state index in [2.05, 4.69) is 15.3 Å². The van der Waals surface area contributed by atoms with Gasteiger partial charge in [-0.3, -0.25) is 0 Å². The van der Waals surface area contributed by atoms with Crippen LogP contribution in [-0.2, 0) is 0 Å². The fraction of sp³-hybridized carbons (Fsp3) is 0.0833. The van der Waals surface area contributed by atoms with Crippen molar-refractivity contribution in [2.45, 2.75) is 6.92 Å². The molecule has 17 heavy (non-hydrogen) atoms. The zero-order valence-corrected chi connectivity index (χ0v) is 9.20. The molecule has 84 valence electrons. The molecule has 0 aliphatic rings. The van der Waals surface area contributed by atoms with Crippen LogP contribution in [0.1, 0.15) is 5.69 Å². The standard InChI is InChI=1S/C12H10N4O/c1-8-12(17)14-13-11-7-10(15-16(8)11)9-5-3-2-4-6-9/h2-7,17H,1H3. The molecule has 3 aromatic rings. The van der Waals surface area contributed by atoms with Crippen molar-refractivity contribution >= 4 is 5.65 Å². The first kappa shape index (κ1) is 9.77. The van der Waals surface area contributed by atoms with Gasteiger partial charge in [-0.25, -0.2) is 4.52 Å². The summed E-state index contributed by atoms with van der Waals surface area (Å²) >= 11 is 0. The van der Waals surface area contributed by atoms with Gasteiger partial charge in [0.1, 0.15) is 5.69 Å². The summed E-state index contributed by atoms with van der Waals surface area (Å²) < 4.78 is 1.59. The van der Waals surface area contributed by atoms with Crippen molar-refractivity contribution in [2.75, 3.05) is 0 Å². The van der Waals surface area contributed by atoms with Crippen LogP contribution >= 0.6 is 0 Å². The van der Waals surface area contributed by atoms with Gasteiger partial charge in [0, 0.05) is 11.6 Å². The molecule has 3 rings (SSSR count). The highest BCUT2D eigenvalue weighted by atomic mass is 16.3. The number of fused-ring (bicyclic) bond motifs is 1. The number of aromatic nitrogens is 4. The Morgan fingerprint density at radius 2 is 1.88 bits per heavy atom. The van der Waals surface area contributed by atoms with Crippen LogP contribution in [0, 0.1) is 6.92 Å². The normalized spacial score (nSPS) is 10.9. The van der Waals surface area contributed by atoms with E-state index in [1.54, 1.807) is 11.4 Å². The summed E-state index contributed by atoms with van der Waals surface area (Å²) in [4.78, 5) is 0. The van der Waals surface area contributed by atoms with E-state index >= 15 is 0 Å². The Morgan fingerprint density at radius 3 is 2.65 bits per heavy atom. The van der Waals surface area contributed by atoms with Crippen molar-refractivity contribution in [3.05, 3.63) is 42.1 Å². The summed E-state index contributed by atoms with van der Waals surface area (Å²) in [5.74, 6) is -0.0970. The highest BCUT2D eigenvalue weighted by Gasteiger charge is 2.09. The number of rotatable bonds is 1. The van der Waals surface area contributed by atoms with Gasteiger partial charge in [-0.15, -0.1) is 10.2 Å². The molecular formula is C12H10N4O. The van der Waals surface area contributed by atoms with Crippen LogP contribution in [0.4, 0.5) is 0 Å². The average molecular weight is 226 g/mol. The molecule has 5 nitrogen and oxygen atoms in total. The van der Waals surface area contributed by atoms with Crippen LogP contribution < -0.4 is 0 Å². The predicted molar refractivity (Wildman–Crippen MR) is 62.6 cm³/mol. The topological polar surface area (TPSA) is 63.3 Å². The Hall–Kier alpha value is -2.43. The van der Waals surface area contributed by atoms with E-state index in [1.807, 2.05) is 36.4 Å². The molecule has 2 aromatic heterocycles. The Bertz CT molecular complexity index is 676. The molecule has 0 radical (unpaired) electrons. The van der Waals surface area contributed by atoms with E-state index in [0.717, 1.165) is 11.3 Å². The Morgan fingerprint density at radius 1 is 1.12 bits per heavy atom. The fourth-order valence-corrected chi connectivity index (χ4v) is 1.70. The smallest absolute Gasteiger partial charge is 0.252 e. The fourth-order valence-electron chi connectivity index (χ4n) is 1.70. The number of benzene rings is 1. The summed E-state index contributed by atoms with van der Waals surface area (Å²) in [5.41, 5.74) is 3.03. The van der Waals surface area contributed by atoms with Crippen molar-refractivity contribution in [3.8, 4) is 17.1 Å². The van der Waals surface area contributed by atoms with Gasteiger partial charge in [-0.2, -0.15) is 5.10 Å². The molecular weight excluding hydrogens is 216 g/mol. The summed E-state index contributed by atoms with van der Waals surface area (Å²) in [7, 11) is 0. The van der Waals surface area contributed by atoms with Crippen LogP contribution in [0.5, 0.6) is 5.88 Å². The lowest BCUT2D eigenvalue weighted by Gasteiger charge is -1.98. The number of hydrogen-bond donors (Lipinski definition) is 1. The molecule has 0 saturated carbocycles. The van der Waals surface area contributed by atoms with Crippen molar-refractivity contribution in [1.82, 2.24) is 19.8 Å². The first-order valence-corrected chi connectivity index (χ1v) is 5.23. The van der Waals surface area contributed by atoms with Crippen LogP contribution in [-0.4, -0.2) is 24.9 Å². The van der Waals surface area contributed by atoms with E-state index in [-0.39, 0.29) is 5.88 Å². The number of nitrogens with zero attached hydrogens (tertiary/aromatic N) is 4. The van der Waals surface area contributed by atoms with Gasteiger partial charge in [0.2, 0.25) is 0 Å². The van der Waals surface area contributed by atoms with E-state index in [9.17, 15) is 5.11 Å². The minimum absolute atomic E-state index is 0.0970. The van der Waals surface area contributed by atoms with E-state index < -0.39 is 0 Å². The van der Waals surface area contributed by atoms with Gasteiger partial charge in [0.15, 0.2) is 5.65 Å². The molecule has 0 amide bonds. The van der Waals surface area contributed by atoms with Crippen LogP contribution in [0.15, 0.2) is 36.4 Å². The van der Waals surface area contributed by atoms with Gasteiger partial charge < -0.3 is 5.11 Å². The van der Waals surface area contributed by atoms with Gasteiger partial charge >= 0.3 is 0 Å². The largest absolute Gasteiger partial charge is 0.491 e. The molecule has 0 fully saturated rings.